The van der Waals surface area contributed by atoms with E-state index >= 15 is 0 Å². The molecule has 0 fully saturated rings. The maximum absolute atomic E-state index is 12.1. The average Bonchev–Trinajstić information content (AvgIpc) is 2.84. The summed E-state index contributed by atoms with van der Waals surface area (Å²) in [6.45, 7) is 4.18. The summed E-state index contributed by atoms with van der Waals surface area (Å²) in [6, 6.07) is 4.50. The summed E-state index contributed by atoms with van der Waals surface area (Å²) in [5, 5.41) is 21.7. The molecule has 0 aliphatic rings. The smallest absolute Gasteiger partial charge is 0.261 e. The quantitative estimate of drug-likeness (QED) is 0.887. The first-order valence-corrected chi connectivity index (χ1v) is 7.32. The largest absolute Gasteiger partial charge is 0.507 e. The number of phenols is 1. The van der Waals surface area contributed by atoms with Crippen LogP contribution < -0.4 is 10.1 Å². The van der Waals surface area contributed by atoms with Crippen molar-refractivity contribution < 1.29 is 14.6 Å². The Morgan fingerprint density at radius 3 is 2.81 bits per heavy atom. The molecule has 7 heteroatoms. The number of anilines is 1. The number of hydrogen-bond acceptors (Lipinski definition) is 6. The molecule has 2 N–H and O–H groups in total. The Morgan fingerprint density at radius 2 is 2.19 bits per heavy atom. The number of benzene rings is 1. The van der Waals surface area contributed by atoms with Crippen molar-refractivity contribution in [2.75, 3.05) is 12.4 Å². The molecular formula is C14H17N3O3S. The second-order valence-corrected chi connectivity index (χ2v) is 6.00. The summed E-state index contributed by atoms with van der Waals surface area (Å²) >= 11 is 1.34. The minimum absolute atomic E-state index is 0.140. The molecule has 2 rings (SSSR count). The number of carbonyl (C=O) groups is 1. The van der Waals surface area contributed by atoms with E-state index in [1.807, 2.05) is 0 Å². The fraction of sp³-hybridized carbons (Fsp3) is 0.357. The van der Waals surface area contributed by atoms with Crippen LogP contribution >= 0.6 is 11.3 Å². The van der Waals surface area contributed by atoms with Crippen molar-refractivity contribution in [3.05, 3.63) is 28.8 Å². The molecule has 21 heavy (non-hydrogen) atoms. The monoisotopic (exact) mass is 307 g/mol. The van der Waals surface area contributed by atoms with Crippen LogP contribution in [0.4, 0.5) is 5.13 Å². The van der Waals surface area contributed by atoms with Gasteiger partial charge in [-0.2, -0.15) is 0 Å². The van der Waals surface area contributed by atoms with Crippen molar-refractivity contribution in [1.29, 1.82) is 0 Å². The lowest BCUT2D eigenvalue weighted by molar-refractivity contribution is 0.102. The number of aromatic hydroxyl groups is 1. The number of amides is 1. The highest BCUT2D eigenvalue weighted by molar-refractivity contribution is 7.15. The van der Waals surface area contributed by atoms with Crippen molar-refractivity contribution in [2.45, 2.75) is 20.3 Å². The number of carbonyl (C=O) groups excluding carboxylic acids is 1. The van der Waals surface area contributed by atoms with Crippen molar-refractivity contribution in [1.82, 2.24) is 10.2 Å². The van der Waals surface area contributed by atoms with Gasteiger partial charge in [0.25, 0.3) is 5.91 Å². The zero-order valence-electron chi connectivity index (χ0n) is 12.1. The molecule has 1 aromatic heterocycles. The number of nitrogens with zero attached hydrogens (tertiary/aromatic N) is 2. The lowest BCUT2D eigenvalue weighted by Crippen LogP contribution is -2.11. The molecule has 0 aliphatic heterocycles. The highest BCUT2D eigenvalue weighted by Gasteiger charge is 2.15. The molecule has 1 heterocycles. The van der Waals surface area contributed by atoms with E-state index in [0.717, 1.165) is 11.4 Å². The SMILES string of the molecule is COc1ccc(C(=O)Nc2nnc(CC(C)C)s2)c(O)c1. The maximum atomic E-state index is 12.1. The lowest BCUT2D eigenvalue weighted by Gasteiger charge is -2.06. The van der Waals surface area contributed by atoms with Gasteiger partial charge in [-0.25, -0.2) is 0 Å². The van der Waals surface area contributed by atoms with Gasteiger partial charge >= 0.3 is 0 Å². The third-order valence-corrected chi connectivity index (χ3v) is 3.58. The summed E-state index contributed by atoms with van der Waals surface area (Å²) in [4.78, 5) is 12.1. The van der Waals surface area contributed by atoms with Gasteiger partial charge in [-0.15, -0.1) is 10.2 Å². The van der Waals surface area contributed by atoms with E-state index in [-0.39, 0.29) is 11.3 Å². The van der Waals surface area contributed by atoms with E-state index in [2.05, 4.69) is 29.4 Å². The first-order valence-electron chi connectivity index (χ1n) is 6.50. The van der Waals surface area contributed by atoms with E-state index in [0.29, 0.717) is 16.8 Å². The molecular weight excluding hydrogens is 290 g/mol. The maximum Gasteiger partial charge on any atom is 0.261 e. The van der Waals surface area contributed by atoms with Crippen molar-refractivity contribution >= 4 is 22.4 Å². The van der Waals surface area contributed by atoms with Gasteiger partial charge in [-0.3, -0.25) is 10.1 Å². The molecule has 0 atom stereocenters. The van der Waals surface area contributed by atoms with Crippen molar-refractivity contribution in [3.63, 3.8) is 0 Å². The van der Waals surface area contributed by atoms with Crippen LogP contribution in [-0.4, -0.2) is 28.3 Å². The van der Waals surface area contributed by atoms with Crippen LogP contribution in [0.5, 0.6) is 11.5 Å². The Hall–Kier alpha value is -2.15. The molecule has 2 aromatic rings. The van der Waals surface area contributed by atoms with Gasteiger partial charge in [0, 0.05) is 12.5 Å². The van der Waals surface area contributed by atoms with E-state index in [9.17, 15) is 9.90 Å². The molecule has 0 unspecified atom stereocenters. The lowest BCUT2D eigenvalue weighted by atomic mass is 10.1. The standard InChI is InChI=1S/C14H17N3O3S/c1-8(2)6-12-16-17-14(21-12)15-13(19)10-5-4-9(20-3)7-11(10)18/h4-5,7-8,18H,6H2,1-3H3,(H,15,17,19). The zero-order valence-corrected chi connectivity index (χ0v) is 12.9. The van der Waals surface area contributed by atoms with Crippen molar-refractivity contribution in [2.24, 2.45) is 5.92 Å². The van der Waals surface area contributed by atoms with Gasteiger partial charge in [0.05, 0.1) is 12.7 Å². The van der Waals surface area contributed by atoms with Crippen LogP contribution in [0, 0.1) is 5.92 Å². The summed E-state index contributed by atoms with van der Waals surface area (Å²) in [5.74, 6) is 0.396. The third kappa shape index (κ3) is 3.91. The number of nitrogens with one attached hydrogen (secondary N) is 1. The Morgan fingerprint density at radius 1 is 1.43 bits per heavy atom. The Bertz CT molecular complexity index is 640. The van der Waals surface area contributed by atoms with Crippen LogP contribution in [-0.2, 0) is 6.42 Å². The molecule has 0 aliphatic carbocycles. The first-order chi connectivity index (χ1) is 9.99. The number of methoxy groups -OCH3 is 1. The topological polar surface area (TPSA) is 84.3 Å². The second kappa shape index (κ2) is 6.53. The summed E-state index contributed by atoms with van der Waals surface area (Å²) < 4.78 is 4.98. The van der Waals surface area contributed by atoms with Crippen LogP contribution in [0.25, 0.3) is 0 Å². The summed E-state index contributed by atoms with van der Waals surface area (Å²) in [7, 11) is 1.49. The predicted molar refractivity (Wildman–Crippen MR) is 81.1 cm³/mol. The number of phenolic OH excluding ortho intramolecular Hbond substituents is 1. The first kappa shape index (κ1) is 15.2. The number of aromatic nitrogens is 2. The van der Waals surface area contributed by atoms with E-state index < -0.39 is 5.91 Å². The van der Waals surface area contributed by atoms with Gasteiger partial charge in [-0.05, 0) is 18.1 Å². The molecule has 0 spiro atoms. The molecule has 6 nitrogen and oxygen atoms in total. The normalized spacial score (nSPS) is 10.7. The fourth-order valence-corrected chi connectivity index (χ4v) is 2.68. The van der Waals surface area contributed by atoms with E-state index in [4.69, 9.17) is 4.74 Å². The van der Waals surface area contributed by atoms with Crippen LogP contribution in [0.3, 0.4) is 0 Å². The van der Waals surface area contributed by atoms with Crippen LogP contribution in [0.1, 0.15) is 29.2 Å². The minimum atomic E-state index is -0.428. The van der Waals surface area contributed by atoms with Gasteiger partial charge in [0.1, 0.15) is 16.5 Å². The number of ether oxygens (including phenoxy) is 1. The Balaban J connectivity index is 2.09. The molecule has 112 valence electrons. The van der Waals surface area contributed by atoms with E-state index in [1.54, 1.807) is 6.07 Å². The molecule has 0 saturated carbocycles. The predicted octanol–water partition coefficient (Wildman–Crippen LogP) is 2.70. The van der Waals surface area contributed by atoms with Gasteiger partial charge in [-0.1, -0.05) is 25.2 Å². The van der Waals surface area contributed by atoms with Crippen LogP contribution in [0.2, 0.25) is 0 Å². The Labute approximate surface area is 126 Å². The molecule has 0 radical (unpaired) electrons. The number of rotatable bonds is 5. The third-order valence-electron chi connectivity index (χ3n) is 2.72. The molecule has 1 aromatic carbocycles. The van der Waals surface area contributed by atoms with Gasteiger partial charge < -0.3 is 9.84 Å². The second-order valence-electron chi connectivity index (χ2n) is 4.94. The molecule has 1 amide bonds. The van der Waals surface area contributed by atoms with Crippen molar-refractivity contribution in [3.8, 4) is 11.5 Å². The highest BCUT2D eigenvalue weighted by atomic mass is 32.1. The fourth-order valence-electron chi connectivity index (χ4n) is 1.73. The van der Waals surface area contributed by atoms with E-state index in [1.165, 1.54) is 30.6 Å². The van der Waals surface area contributed by atoms with Gasteiger partial charge in [0.15, 0.2) is 0 Å². The molecule has 0 saturated heterocycles. The highest BCUT2D eigenvalue weighted by Crippen LogP contribution is 2.25. The summed E-state index contributed by atoms with van der Waals surface area (Å²) in [5.41, 5.74) is 0.163. The zero-order chi connectivity index (χ0) is 15.4. The minimum Gasteiger partial charge on any atom is -0.507 e. The Kier molecular flexibility index (Phi) is 4.74. The average molecular weight is 307 g/mol. The van der Waals surface area contributed by atoms with Gasteiger partial charge in [0.2, 0.25) is 5.13 Å². The molecule has 0 bridgehead atoms. The van der Waals surface area contributed by atoms with Crippen LogP contribution in [0.15, 0.2) is 18.2 Å². The number of hydrogen-bond donors (Lipinski definition) is 2. The summed E-state index contributed by atoms with van der Waals surface area (Å²) in [6.07, 6.45) is 0.821.